The molecular weight excluding hydrogens is 230 g/mol. The van der Waals surface area contributed by atoms with E-state index in [2.05, 4.69) is 58.1 Å². The molecule has 1 heteroatoms. The van der Waals surface area contributed by atoms with E-state index >= 15 is 0 Å². The number of hydrogen-bond donors (Lipinski definition) is 1. The summed E-state index contributed by atoms with van der Waals surface area (Å²) in [6.07, 6.45) is 3.76. The molecule has 19 heavy (non-hydrogen) atoms. The Labute approximate surface area is 118 Å². The summed E-state index contributed by atoms with van der Waals surface area (Å²) in [5.74, 6) is 0.615. The van der Waals surface area contributed by atoms with Crippen LogP contribution in [0.3, 0.4) is 0 Å². The van der Waals surface area contributed by atoms with Crippen molar-refractivity contribution in [2.75, 3.05) is 6.54 Å². The summed E-state index contributed by atoms with van der Waals surface area (Å²) in [6.45, 7) is 12.6. The van der Waals surface area contributed by atoms with Gasteiger partial charge in [0.1, 0.15) is 0 Å². The molecule has 1 aliphatic rings. The highest BCUT2D eigenvalue weighted by atomic mass is 14.9. The van der Waals surface area contributed by atoms with Crippen molar-refractivity contribution in [1.29, 1.82) is 0 Å². The van der Waals surface area contributed by atoms with Crippen LogP contribution in [0.5, 0.6) is 0 Å². The lowest BCUT2D eigenvalue weighted by Crippen LogP contribution is -2.25. The molecule has 1 aromatic carbocycles. The van der Waals surface area contributed by atoms with Crippen molar-refractivity contribution < 1.29 is 0 Å². The number of fused-ring (bicyclic) bond motifs is 1. The standard InChI is InChI=1S/C18H29N/c1-6-19-17-12-18(4,5)10-9-14-7-8-15(13(2)3)11-16(14)17/h7-8,11,13,17,19H,6,9-10,12H2,1-5H3. The molecule has 0 saturated carbocycles. The van der Waals surface area contributed by atoms with E-state index in [0.29, 0.717) is 17.4 Å². The summed E-state index contributed by atoms with van der Waals surface area (Å²) in [6, 6.07) is 7.67. The molecule has 0 aliphatic heterocycles. The van der Waals surface area contributed by atoms with Gasteiger partial charge in [-0.05, 0) is 53.8 Å². The van der Waals surface area contributed by atoms with Crippen molar-refractivity contribution in [2.24, 2.45) is 5.41 Å². The molecule has 1 atom stereocenters. The topological polar surface area (TPSA) is 12.0 Å². The van der Waals surface area contributed by atoms with E-state index in [1.54, 1.807) is 11.1 Å². The summed E-state index contributed by atoms with van der Waals surface area (Å²) >= 11 is 0. The predicted octanol–water partition coefficient (Wildman–Crippen LogP) is 4.82. The zero-order chi connectivity index (χ0) is 14.0. The van der Waals surface area contributed by atoms with Crippen LogP contribution in [0.25, 0.3) is 0 Å². The maximum absolute atomic E-state index is 3.70. The summed E-state index contributed by atoms with van der Waals surface area (Å²) in [5, 5.41) is 3.70. The van der Waals surface area contributed by atoms with Crippen LogP contribution < -0.4 is 5.32 Å². The first-order chi connectivity index (χ1) is 8.93. The third kappa shape index (κ3) is 3.39. The number of hydrogen-bond acceptors (Lipinski definition) is 1. The van der Waals surface area contributed by atoms with Gasteiger partial charge >= 0.3 is 0 Å². The first kappa shape index (κ1) is 14.6. The van der Waals surface area contributed by atoms with E-state index in [1.807, 2.05) is 0 Å². The highest BCUT2D eigenvalue weighted by molar-refractivity contribution is 5.37. The third-order valence-electron chi connectivity index (χ3n) is 4.49. The summed E-state index contributed by atoms with van der Waals surface area (Å²) in [7, 11) is 0. The van der Waals surface area contributed by atoms with Crippen LogP contribution in [0.1, 0.15) is 76.1 Å². The van der Waals surface area contributed by atoms with Crippen molar-refractivity contribution in [3.63, 3.8) is 0 Å². The van der Waals surface area contributed by atoms with E-state index in [0.717, 1.165) is 6.54 Å². The molecule has 0 spiro atoms. The number of aryl methyl sites for hydroxylation is 1. The van der Waals surface area contributed by atoms with Gasteiger partial charge in [0.05, 0.1) is 0 Å². The highest BCUT2D eigenvalue weighted by Gasteiger charge is 2.29. The Morgan fingerprint density at radius 3 is 2.68 bits per heavy atom. The summed E-state index contributed by atoms with van der Waals surface area (Å²) in [5.41, 5.74) is 5.02. The minimum Gasteiger partial charge on any atom is -0.310 e. The molecular formula is C18H29N. The first-order valence-electron chi connectivity index (χ1n) is 7.79. The minimum absolute atomic E-state index is 0.434. The van der Waals surface area contributed by atoms with Crippen molar-refractivity contribution in [3.8, 4) is 0 Å². The van der Waals surface area contributed by atoms with Crippen molar-refractivity contribution in [3.05, 3.63) is 34.9 Å². The van der Waals surface area contributed by atoms with E-state index < -0.39 is 0 Å². The molecule has 0 heterocycles. The minimum atomic E-state index is 0.434. The van der Waals surface area contributed by atoms with Gasteiger partial charge in [-0.25, -0.2) is 0 Å². The molecule has 1 aliphatic carbocycles. The Bertz CT molecular complexity index is 431. The molecule has 0 amide bonds. The molecule has 1 N–H and O–H groups in total. The number of benzene rings is 1. The van der Waals surface area contributed by atoms with Crippen LogP contribution in [0.15, 0.2) is 18.2 Å². The molecule has 1 unspecified atom stereocenters. The maximum Gasteiger partial charge on any atom is 0.0328 e. The van der Waals surface area contributed by atoms with Gasteiger partial charge in [-0.3, -0.25) is 0 Å². The Kier molecular flexibility index (Phi) is 4.35. The van der Waals surface area contributed by atoms with Crippen molar-refractivity contribution >= 4 is 0 Å². The molecule has 1 aromatic rings. The third-order valence-corrected chi connectivity index (χ3v) is 4.49. The monoisotopic (exact) mass is 259 g/mol. The molecule has 0 saturated heterocycles. The normalized spacial score (nSPS) is 22.1. The van der Waals surface area contributed by atoms with Crippen LogP contribution in [-0.2, 0) is 6.42 Å². The Morgan fingerprint density at radius 2 is 2.05 bits per heavy atom. The highest BCUT2D eigenvalue weighted by Crippen LogP contribution is 2.40. The fourth-order valence-corrected chi connectivity index (χ4v) is 3.19. The van der Waals surface area contributed by atoms with Crippen LogP contribution in [0.4, 0.5) is 0 Å². The average Bonchev–Trinajstić information content (AvgIpc) is 2.47. The first-order valence-corrected chi connectivity index (χ1v) is 7.79. The van der Waals surface area contributed by atoms with Gasteiger partial charge in [0.15, 0.2) is 0 Å². The Morgan fingerprint density at radius 1 is 1.32 bits per heavy atom. The van der Waals surface area contributed by atoms with Gasteiger partial charge in [0.25, 0.3) is 0 Å². The van der Waals surface area contributed by atoms with E-state index in [-0.39, 0.29) is 0 Å². The SMILES string of the molecule is CCNC1CC(C)(C)CCc2ccc(C(C)C)cc21. The van der Waals surface area contributed by atoms with E-state index in [9.17, 15) is 0 Å². The largest absolute Gasteiger partial charge is 0.310 e. The average molecular weight is 259 g/mol. The lowest BCUT2D eigenvalue weighted by Gasteiger charge is -2.27. The van der Waals surface area contributed by atoms with Crippen LogP contribution in [0, 0.1) is 5.41 Å². The molecule has 0 aromatic heterocycles. The summed E-state index contributed by atoms with van der Waals surface area (Å²) in [4.78, 5) is 0. The van der Waals surface area contributed by atoms with Gasteiger partial charge in [0.2, 0.25) is 0 Å². The Hall–Kier alpha value is -0.820. The number of nitrogens with one attached hydrogen (secondary N) is 1. The number of rotatable bonds is 3. The van der Waals surface area contributed by atoms with Crippen molar-refractivity contribution in [2.45, 2.75) is 65.8 Å². The van der Waals surface area contributed by atoms with Gasteiger partial charge < -0.3 is 5.32 Å². The van der Waals surface area contributed by atoms with E-state index in [1.165, 1.54) is 24.8 Å². The zero-order valence-electron chi connectivity index (χ0n) is 13.2. The van der Waals surface area contributed by atoms with E-state index in [4.69, 9.17) is 0 Å². The molecule has 0 bridgehead atoms. The second kappa shape index (κ2) is 5.66. The lowest BCUT2D eigenvalue weighted by atomic mass is 9.83. The van der Waals surface area contributed by atoms with Gasteiger partial charge in [-0.1, -0.05) is 52.8 Å². The quantitative estimate of drug-likeness (QED) is 0.767. The second-order valence-electron chi connectivity index (χ2n) is 7.09. The maximum atomic E-state index is 3.70. The smallest absolute Gasteiger partial charge is 0.0328 e. The fraction of sp³-hybridized carbons (Fsp3) is 0.667. The summed E-state index contributed by atoms with van der Waals surface area (Å²) < 4.78 is 0. The van der Waals surface area contributed by atoms with Gasteiger partial charge in [-0.15, -0.1) is 0 Å². The zero-order valence-corrected chi connectivity index (χ0v) is 13.2. The molecule has 2 rings (SSSR count). The van der Waals surface area contributed by atoms with Gasteiger partial charge in [0, 0.05) is 6.04 Å². The fourth-order valence-electron chi connectivity index (χ4n) is 3.19. The predicted molar refractivity (Wildman–Crippen MR) is 83.7 cm³/mol. The van der Waals surface area contributed by atoms with Crippen LogP contribution >= 0.6 is 0 Å². The van der Waals surface area contributed by atoms with Crippen LogP contribution in [0.2, 0.25) is 0 Å². The molecule has 0 fully saturated rings. The second-order valence-corrected chi connectivity index (χ2v) is 7.09. The molecule has 0 radical (unpaired) electrons. The molecule has 1 nitrogen and oxygen atoms in total. The van der Waals surface area contributed by atoms with Crippen LogP contribution in [-0.4, -0.2) is 6.54 Å². The lowest BCUT2D eigenvalue weighted by molar-refractivity contribution is 0.275. The Balaban J connectivity index is 2.40. The molecule has 106 valence electrons. The van der Waals surface area contributed by atoms with Crippen molar-refractivity contribution in [1.82, 2.24) is 5.32 Å². The van der Waals surface area contributed by atoms with Gasteiger partial charge in [-0.2, -0.15) is 0 Å².